The number of benzene rings is 3. The normalized spacial score (nSPS) is 11.0. The van der Waals surface area contributed by atoms with Crippen molar-refractivity contribution < 1.29 is 9.59 Å². The van der Waals surface area contributed by atoms with Crippen molar-refractivity contribution in [2.75, 3.05) is 10.6 Å². The van der Waals surface area contributed by atoms with E-state index in [0.717, 1.165) is 15.4 Å². The van der Waals surface area contributed by atoms with E-state index in [0.29, 0.717) is 43.5 Å². The summed E-state index contributed by atoms with van der Waals surface area (Å²) in [5.74, 6) is -0.242. The lowest BCUT2D eigenvalue weighted by Gasteiger charge is -2.13. The second-order valence-electron chi connectivity index (χ2n) is 8.16. The molecule has 0 saturated carbocycles. The fourth-order valence-corrected chi connectivity index (χ4v) is 5.56. The van der Waals surface area contributed by atoms with Gasteiger partial charge >= 0.3 is 0 Å². The highest BCUT2D eigenvalue weighted by molar-refractivity contribution is 9.11. The fourth-order valence-electron chi connectivity index (χ4n) is 4.04. The summed E-state index contributed by atoms with van der Waals surface area (Å²) in [5.41, 5.74) is 3.52. The summed E-state index contributed by atoms with van der Waals surface area (Å²) in [6.45, 7) is 0. The van der Waals surface area contributed by atoms with Crippen molar-refractivity contribution >= 4 is 77.6 Å². The average Bonchev–Trinajstić information content (AvgIpc) is 3.52. The standard InChI is InChI=1S/C25H18Br2ClN7O2/c1-35-20(25(37)29-19-8-7-14(28)10-16(19)24-31-33-34-32-24)11-15-17(26)12-18(27)22(23(15)35)30-21(36)9-13-5-3-2-4-6-13/h2-8,10-12H,9H2,1H3,(H,29,37)(H,30,36)(H,31,32,33,34). The molecule has 0 aliphatic carbocycles. The molecule has 37 heavy (non-hydrogen) atoms. The van der Waals surface area contributed by atoms with Gasteiger partial charge in [0.15, 0.2) is 0 Å². The smallest absolute Gasteiger partial charge is 0.272 e. The number of aryl methyl sites for hydroxylation is 1. The van der Waals surface area contributed by atoms with Gasteiger partial charge in [0.2, 0.25) is 11.7 Å². The fraction of sp³-hybridized carbons (Fsp3) is 0.0800. The van der Waals surface area contributed by atoms with Crippen molar-refractivity contribution in [3.63, 3.8) is 0 Å². The van der Waals surface area contributed by atoms with Crippen LogP contribution in [-0.2, 0) is 18.3 Å². The molecule has 3 N–H and O–H groups in total. The van der Waals surface area contributed by atoms with Crippen LogP contribution in [0.1, 0.15) is 16.1 Å². The summed E-state index contributed by atoms with van der Waals surface area (Å²) >= 11 is 13.3. The van der Waals surface area contributed by atoms with Crippen LogP contribution in [0, 0.1) is 0 Å². The van der Waals surface area contributed by atoms with Gasteiger partial charge in [-0.05, 0) is 57.0 Å². The Morgan fingerprint density at radius 1 is 1.03 bits per heavy atom. The number of aromatic nitrogens is 5. The van der Waals surface area contributed by atoms with Crippen molar-refractivity contribution in [3.05, 3.63) is 85.9 Å². The number of hydrogen-bond donors (Lipinski definition) is 3. The van der Waals surface area contributed by atoms with E-state index in [4.69, 9.17) is 11.6 Å². The number of H-pyrrole nitrogens is 1. The topological polar surface area (TPSA) is 118 Å². The van der Waals surface area contributed by atoms with E-state index in [1.165, 1.54) is 0 Å². The number of aromatic amines is 1. The number of tetrazole rings is 1. The first-order chi connectivity index (χ1) is 17.8. The lowest BCUT2D eigenvalue weighted by molar-refractivity contribution is -0.115. The minimum absolute atomic E-state index is 0.173. The summed E-state index contributed by atoms with van der Waals surface area (Å²) in [4.78, 5) is 26.3. The van der Waals surface area contributed by atoms with Crippen molar-refractivity contribution in [3.8, 4) is 11.4 Å². The number of nitrogens with zero attached hydrogens (tertiary/aromatic N) is 4. The molecule has 0 aliphatic heterocycles. The molecule has 186 valence electrons. The molecule has 0 fully saturated rings. The Hall–Kier alpha value is -3.54. The van der Waals surface area contributed by atoms with Crippen LogP contribution in [0.4, 0.5) is 11.4 Å². The summed E-state index contributed by atoms with van der Waals surface area (Å²) < 4.78 is 3.19. The highest BCUT2D eigenvalue weighted by Gasteiger charge is 2.22. The van der Waals surface area contributed by atoms with E-state index < -0.39 is 0 Å². The third-order valence-electron chi connectivity index (χ3n) is 5.74. The average molecular weight is 644 g/mol. The Bertz CT molecular complexity index is 1640. The van der Waals surface area contributed by atoms with Crippen LogP contribution in [-0.4, -0.2) is 37.0 Å². The number of amides is 2. The first kappa shape index (κ1) is 25.1. The van der Waals surface area contributed by atoms with Crippen LogP contribution in [0.3, 0.4) is 0 Å². The lowest BCUT2D eigenvalue weighted by atomic mass is 10.1. The molecule has 3 aromatic carbocycles. The SMILES string of the molecule is Cn1c(C(=O)Nc2ccc(Cl)cc2-c2nn[nH]n2)cc2c(Br)cc(Br)c(NC(=O)Cc3ccccc3)c21. The van der Waals surface area contributed by atoms with E-state index in [1.54, 1.807) is 35.9 Å². The highest BCUT2D eigenvalue weighted by Crippen LogP contribution is 2.39. The number of rotatable bonds is 6. The highest BCUT2D eigenvalue weighted by atomic mass is 79.9. The number of hydrogen-bond acceptors (Lipinski definition) is 5. The maximum Gasteiger partial charge on any atom is 0.272 e. The van der Waals surface area contributed by atoms with Gasteiger partial charge in [0.05, 0.1) is 23.3 Å². The van der Waals surface area contributed by atoms with Gasteiger partial charge in [-0.15, -0.1) is 10.2 Å². The van der Waals surface area contributed by atoms with E-state index in [9.17, 15) is 9.59 Å². The molecule has 0 atom stereocenters. The van der Waals surface area contributed by atoms with Crippen molar-refractivity contribution in [1.29, 1.82) is 0 Å². The molecule has 0 spiro atoms. The molecular formula is C25H18Br2ClN7O2. The van der Waals surface area contributed by atoms with E-state index in [2.05, 4.69) is 63.1 Å². The van der Waals surface area contributed by atoms with Gasteiger partial charge in [-0.1, -0.05) is 57.9 Å². The summed E-state index contributed by atoms with van der Waals surface area (Å²) in [5, 5.41) is 21.1. The van der Waals surface area contributed by atoms with E-state index in [1.807, 2.05) is 36.4 Å². The Balaban J connectivity index is 1.50. The largest absolute Gasteiger partial charge is 0.338 e. The van der Waals surface area contributed by atoms with Crippen LogP contribution in [0.15, 0.2) is 69.6 Å². The van der Waals surface area contributed by atoms with Crippen LogP contribution < -0.4 is 10.6 Å². The first-order valence-electron chi connectivity index (χ1n) is 11.0. The van der Waals surface area contributed by atoms with Crippen molar-refractivity contribution in [2.45, 2.75) is 6.42 Å². The Morgan fingerprint density at radius 3 is 2.54 bits per heavy atom. The predicted octanol–water partition coefficient (Wildman–Crippen LogP) is 5.97. The summed E-state index contributed by atoms with van der Waals surface area (Å²) in [6.07, 6.45) is 0.220. The number of halogens is 3. The number of nitrogens with one attached hydrogen (secondary N) is 3. The quantitative estimate of drug-likeness (QED) is 0.211. The number of anilines is 2. The van der Waals surface area contributed by atoms with Gasteiger partial charge in [0, 0.05) is 32.0 Å². The Kier molecular flexibility index (Phi) is 7.09. The molecule has 9 nitrogen and oxygen atoms in total. The Labute approximate surface area is 232 Å². The van der Waals surface area contributed by atoms with Crippen molar-refractivity contribution in [2.24, 2.45) is 7.05 Å². The van der Waals surface area contributed by atoms with Gasteiger partial charge in [0.1, 0.15) is 5.69 Å². The minimum Gasteiger partial charge on any atom is -0.338 e. The number of fused-ring (bicyclic) bond motifs is 1. The zero-order valence-corrected chi connectivity index (χ0v) is 23.1. The van der Waals surface area contributed by atoms with Crippen LogP contribution in [0.25, 0.3) is 22.3 Å². The number of carbonyl (C=O) groups excluding carboxylic acids is 2. The predicted molar refractivity (Wildman–Crippen MR) is 150 cm³/mol. The van der Waals surface area contributed by atoms with Gasteiger partial charge in [-0.2, -0.15) is 5.21 Å². The van der Waals surface area contributed by atoms with Gasteiger partial charge < -0.3 is 15.2 Å². The maximum absolute atomic E-state index is 13.4. The van der Waals surface area contributed by atoms with Crippen LogP contribution in [0.5, 0.6) is 0 Å². The second kappa shape index (κ2) is 10.4. The first-order valence-corrected chi connectivity index (χ1v) is 12.9. The molecule has 0 radical (unpaired) electrons. The summed E-state index contributed by atoms with van der Waals surface area (Å²) in [6, 6.07) is 18.1. The molecule has 2 aromatic heterocycles. The second-order valence-corrected chi connectivity index (χ2v) is 10.3. The molecule has 0 aliphatic rings. The van der Waals surface area contributed by atoms with Gasteiger partial charge in [-0.3, -0.25) is 9.59 Å². The summed E-state index contributed by atoms with van der Waals surface area (Å²) in [7, 11) is 1.77. The molecule has 2 amide bonds. The molecule has 12 heteroatoms. The third kappa shape index (κ3) is 5.15. The lowest BCUT2D eigenvalue weighted by Crippen LogP contribution is -2.17. The maximum atomic E-state index is 13.4. The number of carbonyl (C=O) groups is 2. The van der Waals surface area contributed by atoms with E-state index in [-0.39, 0.29) is 18.2 Å². The zero-order valence-electron chi connectivity index (χ0n) is 19.2. The molecule has 5 rings (SSSR count). The Morgan fingerprint density at radius 2 is 1.81 bits per heavy atom. The molecule has 0 saturated heterocycles. The molecular weight excluding hydrogens is 626 g/mol. The van der Waals surface area contributed by atoms with Crippen LogP contribution >= 0.6 is 43.5 Å². The molecule has 0 unspecified atom stereocenters. The minimum atomic E-state index is -0.365. The van der Waals surface area contributed by atoms with Gasteiger partial charge in [0.25, 0.3) is 5.91 Å². The zero-order chi connectivity index (χ0) is 26.1. The molecule has 0 bridgehead atoms. The molecule has 5 aromatic rings. The van der Waals surface area contributed by atoms with Crippen LogP contribution in [0.2, 0.25) is 5.02 Å². The van der Waals surface area contributed by atoms with E-state index >= 15 is 0 Å². The monoisotopic (exact) mass is 641 g/mol. The van der Waals surface area contributed by atoms with Gasteiger partial charge in [-0.25, -0.2) is 0 Å². The van der Waals surface area contributed by atoms with Crippen molar-refractivity contribution in [1.82, 2.24) is 25.2 Å². The molecule has 2 heterocycles. The third-order valence-corrected chi connectivity index (χ3v) is 7.26.